The van der Waals surface area contributed by atoms with Gasteiger partial charge in [0.2, 0.25) is 10.0 Å². The molecule has 5 nitrogen and oxygen atoms in total. The van der Waals surface area contributed by atoms with Crippen molar-refractivity contribution in [2.75, 3.05) is 23.8 Å². The molecule has 114 valence electrons. The van der Waals surface area contributed by atoms with Gasteiger partial charge in [0.05, 0.1) is 11.5 Å². The summed E-state index contributed by atoms with van der Waals surface area (Å²) in [5.74, 6) is 3.22. The highest BCUT2D eigenvalue weighted by molar-refractivity contribution is 8.06. The highest BCUT2D eigenvalue weighted by atomic mass is 32.2. The number of hydrogen-bond donors (Lipinski definition) is 2. The van der Waals surface area contributed by atoms with E-state index in [1.54, 1.807) is 10.8 Å². The first kappa shape index (κ1) is 16.2. The number of aliphatic hydroxyl groups is 1. The summed E-state index contributed by atoms with van der Waals surface area (Å²) in [6, 6.07) is 1.54. The number of aryl methyl sites for hydroxylation is 1. The molecule has 1 unspecified atom stereocenters. The summed E-state index contributed by atoms with van der Waals surface area (Å²) in [4.78, 5) is 0.233. The first-order valence-corrected chi connectivity index (χ1v) is 10.2. The number of hydrogen-bond acceptors (Lipinski definition) is 5. The van der Waals surface area contributed by atoms with Crippen molar-refractivity contribution in [1.29, 1.82) is 0 Å². The second-order valence-corrected chi connectivity index (χ2v) is 8.86. The van der Waals surface area contributed by atoms with Gasteiger partial charge in [-0.2, -0.15) is 23.5 Å². The number of nitrogens with zero attached hydrogens (tertiary/aromatic N) is 1. The molecular weight excluding hydrogens is 316 g/mol. The molecule has 1 fully saturated rings. The zero-order chi connectivity index (χ0) is 14.6. The number of rotatable bonds is 6. The molecular formula is C12H20N2O3S3. The number of aromatic nitrogens is 1. The molecule has 20 heavy (non-hydrogen) atoms. The van der Waals surface area contributed by atoms with Gasteiger partial charge < -0.3 is 9.67 Å². The molecule has 1 aliphatic rings. The van der Waals surface area contributed by atoms with Gasteiger partial charge in [0, 0.05) is 47.5 Å². The lowest BCUT2D eigenvalue weighted by atomic mass is 10.4. The summed E-state index contributed by atoms with van der Waals surface area (Å²) in [6.45, 7) is 2.86. The van der Waals surface area contributed by atoms with Crippen molar-refractivity contribution >= 4 is 33.5 Å². The van der Waals surface area contributed by atoms with E-state index >= 15 is 0 Å². The minimum absolute atomic E-state index is 0.154. The molecule has 1 atom stereocenters. The predicted octanol–water partition coefficient (Wildman–Crippen LogP) is 1.13. The van der Waals surface area contributed by atoms with Crippen molar-refractivity contribution in [3.05, 3.63) is 18.0 Å². The summed E-state index contributed by atoms with van der Waals surface area (Å²) in [7, 11) is -3.49. The molecule has 1 aromatic rings. The average Bonchev–Trinajstić information content (AvgIpc) is 2.90. The molecule has 1 aromatic heterocycles. The lowest BCUT2D eigenvalue weighted by Gasteiger charge is -2.20. The van der Waals surface area contributed by atoms with Gasteiger partial charge in [-0.05, 0) is 13.0 Å². The fraction of sp³-hybridized carbons (Fsp3) is 0.667. The monoisotopic (exact) mass is 336 g/mol. The Bertz CT molecular complexity index is 515. The molecule has 0 amide bonds. The zero-order valence-corrected chi connectivity index (χ0v) is 13.9. The number of aliphatic hydroxyl groups excluding tert-OH is 1. The Morgan fingerprint density at radius 1 is 1.50 bits per heavy atom. The Balaban J connectivity index is 2.03. The van der Waals surface area contributed by atoms with Crippen molar-refractivity contribution < 1.29 is 13.5 Å². The van der Waals surface area contributed by atoms with Gasteiger partial charge in [-0.15, -0.1) is 0 Å². The van der Waals surface area contributed by atoms with Crippen LogP contribution in [0.5, 0.6) is 0 Å². The van der Waals surface area contributed by atoms with E-state index in [9.17, 15) is 13.5 Å². The van der Waals surface area contributed by atoms with Crippen molar-refractivity contribution in [3.8, 4) is 0 Å². The summed E-state index contributed by atoms with van der Waals surface area (Å²) < 4.78 is 28.9. The van der Waals surface area contributed by atoms with Crippen molar-refractivity contribution in [1.82, 2.24) is 9.29 Å². The Kier molecular flexibility index (Phi) is 5.85. The summed E-state index contributed by atoms with van der Waals surface area (Å²) in [6.07, 6.45) is 1.58. The highest BCUT2D eigenvalue weighted by Gasteiger charge is 2.21. The predicted molar refractivity (Wildman–Crippen MR) is 84.8 cm³/mol. The second kappa shape index (κ2) is 7.22. The van der Waals surface area contributed by atoms with Crippen LogP contribution in [0, 0.1) is 0 Å². The van der Waals surface area contributed by atoms with Crippen LogP contribution in [0.25, 0.3) is 0 Å². The third kappa shape index (κ3) is 3.94. The molecule has 1 aliphatic heterocycles. The van der Waals surface area contributed by atoms with Crippen molar-refractivity contribution in [3.63, 3.8) is 0 Å². The van der Waals surface area contributed by atoms with Gasteiger partial charge in [0.15, 0.2) is 0 Å². The maximum absolute atomic E-state index is 12.3. The molecule has 0 spiro atoms. The van der Waals surface area contributed by atoms with Gasteiger partial charge in [-0.3, -0.25) is 0 Å². The molecule has 0 radical (unpaired) electrons. The van der Waals surface area contributed by atoms with Crippen LogP contribution in [-0.2, 0) is 23.2 Å². The van der Waals surface area contributed by atoms with Crippen molar-refractivity contribution in [2.24, 2.45) is 0 Å². The Hall–Kier alpha value is -0.150. The summed E-state index contributed by atoms with van der Waals surface area (Å²) >= 11 is 3.69. The van der Waals surface area contributed by atoms with Crippen LogP contribution >= 0.6 is 23.5 Å². The average molecular weight is 337 g/mol. The van der Waals surface area contributed by atoms with Gasteiger partial charge in [0.1, 0.15) is 0 Å². The highest BCUT2D eigenvalue weighted by Crippen LogP contribution is 2.24. The molecule has 0 aliphatic carbocycles. The van der Waals surface area contributed by atoms with E-state index in [4.69, 9.17) is 0 Å². The van der Waals surface area contributed by atoms with Crippen LogP contribution in [0.1, 0.15) is 12.6 Å². The van der Waals surface area contributed by atoms with Crippen LogP contribution in [0.4, 0.5) is 0 Å². The van der Waals surface area contributed by atoms with Gasteiger partial charge in [0.25, 0.3) is 0 Å². The molecule has 2 rings (SSSR count). The largest absolute Gasteiger partial charge is 0.390 e. The van der Waals surface area contributed by atoms with Crippen LogP contribution in [0.3, 0.4) is 0 Å². The third-order valence-electron chi connectivity index (χ3n) is 3.16. The third-order valence-corrected chi connectivity index (χ3v) is 7.40. The molecule has 2 heterocycles. The van der Waals surface area contributed by atoms with Gasteiger partial charge in [-0.25, -0.2) is 13.1 Å². The quantitative estimate of drug-likeness (QED) is 0.815. The maximum atomic E-state index is 12.3. The SMILES string of the molecule is CCn1cc(S(=O)(=O)NCC2CSCCS2)cc1CO. The number of thioether (sulfide) groups is 2. The van der Waals surface area contributed by atoms with E-state index in [-0.39, 0.29) is 11.5 Å². The van der Waals surface area contributed by atoms with E-state index in [2.05, 4.69) is 4.72 Å². The van der Waals surface area contributed by atoms with Crippen molar-refractivity contribution in [2.45, 2.75) is 30.2 Å². The summed E-state index contributed by atoms with van der Waals surface area (Å²) in [5, 5.41) is 9.56. The number of sulfonamides is 1. The number of nitrogens with one attached hydrogen (secondary N) is 1. The van der Waals surface area contributed by atoms with E-state index in [1.165, 1.54) is 6.07 Å². The Morgan fingerprint density at radius 2 is 2.30 bits per heavy atom. The van der Waals surface area contributed by atoms with Crippen LogP contribution in [0.2, 0.25) is 0 Å². The standard InChI is InChI=1S/C12H20N2O3S3/c1-2-14-7-12(5-10(14)8-15)20(16,17)13-6-11-9-18-3-4-19-11/h5,7,11,13,15H,2-4,6,8-9H2,1H3. The molecule has 2 N–H and O–H groups in total. The van der Waals surface area contributed by atoms with Crippen LogP contribution < -0.4 is 4.72 Å². The van der Waals surface area contributed by atoms with Crippen LogP contribution in [0.15, 0.2) is 17.2 Å². The molecule has 0 bridgehead atoms. The zero-order valence-electron chi connectivity index (χ0n) is 11.4. The van der Waals surface area contributed by atoms with Gasteiger partial charge in [-0.1, -0.05) is 0 Å². The maximum Gasteiger partial charge on any atom is 0.242 e. The fourth-order valence-corrected chi connectivity index (χ4v) is 5.90. The topological polar surface area (TPSA) is 71.3 Å². The normalized spacial score (nSPS) is 20.2. The minimum atomic E-state index is -3.49. The van der Waals surface area contributed by atoms with E-state index in [0.717, 1.165) is 17.3 Å². The fourth-order valence-electron chi connectivity index (χ4n) is 2.04. The first-order chi connectivity index (χ1) is 9.56. The minimum Gasteiger partial charge on any atom is -0.390 e. The van der Waals surface area contributed by atoms with Crippen LogP contribution in [-0.4, -0.2) is 47.1 Å². The second-order valence-electron chi connectivity index (χ2n) is 4.53. The van der Waals surface area contributed by atoms with E-state index in [0.29, 0.717) is 24.0 Å². The van der Waals surface area contributed by atoms with E-state index < -0.39 is 10.0 Å². The Labute approximate surface area is 128 Å². The molecule has 0 aromatic carbocycles. The smallest absolute Gasteiger partial charge is 0.242 e. The first-order valence-electron chi connectivity index (χ1n) is 6.55. The molecule has 8 heteroatoms. The molecule has 1 saturated heterocycles. The molecule has 0 saturated carbocycles. The summed E-state index contributed by atoms with van der Waals surface area (Å²) in [5.41, 5.74) is 0.621. The van der Waals surface area contributed by atoms with E-state index in [1.807, 2.05) is 30.4 Å². The lowest BCUT2D eigenvalue weighted by molar-refractivity contribution is 0.271. The Morgan fingerprint density at radius 3 is 2.85 bits per heavy atom. The lowest BCUT2D eigenvalue weighted by Crippen LogP contribution is -2.33. The van der Waals surface area contributed by atoms with Gasteiger partial charge >= 0.3 is 0 Å².